The van der Waals surface area contributed by atoms with Gasteiger partial charge in [0.25, 0.3) is 0 Å². The Morgan fingerprint density at radius 2 is 2.12 bits per heavy atom. The predicted octanol–water partition coefficient (Wildman–Crippen LogP) is 2.98. The van der Waals surface area contributed by atoms with E-state index in [9.17, 15) is 0 Å². The first kappa shape index (κ1) is 11.5. The first-order valence-electron chi connectivity index (χ1n) is 6.31. The molecule has 16 heavy (non-hydrogen) atoms. The van der Waals surface area contributed by atoms with E-state index in [0.717, 1.165) is 31.4 Å². The summed E-state index contributed by atoms with van der Waals surface area (Å²) in [6, 6.07) is 8.33. The SMILES string of the molecule is CCNCc1ccccc1OCC1CCC1. The molecule has 0 unspecified atom stereocenters. The zero-order valence-corrected chi connectivity index (χ0v) is 10.0. The van der Waals surface area contributed by atoms with E-state index in [2.05, 4.69) is 30.4 Å². The van der Waals surface area contributed by atoms with Crippen molar-refractivity contribution in [3.63, 3.8) is 0 Å². The van der Waals surface area contributed by atoms with E-state index >= 15 is 0 Å². The van der Waals surface area contributed by atoms with Gasteiger partial charge in [0.1, 0.15) is 5.75 Å². The Labute approximate surface area is 98.0 Å². The van der Waals surface area contributed by atoms with Crippen molar-refractivity contribution in [2.24, 2.45) is 5.92 Å². The number of rotatable bonds is 6. The maximum atomic E-state index is 5.90. The average molecular weight is 219 g/mol. The second-order valence-electron chi connectivity index (χ2n) is 4.50. The van der Waals surface area contributed by atoms with Crippen molar-refractivity contribution >= 4 is 0 Å². The van der Waals surface area contributed by atoms with Gasteiger partial charge in [-0.15, -0.1) is 0 Å². The third-order valence-corrected chi connectivity index (χ3v) is 3.24. The third-order valence-electron chi connectivity index (χ3n) is 3.24. The zero-order chi connectivity index (χ0) is 11.2. The van der Waals surface area contributed by atoms with Crippen LogP contribution in [0.4, 0.5) is 0 Å². The second kappa shape index (κ2) is 5.90. The third kappa shape index (κ3) is 2.99. The lowest BCUT2D eigenvalue weighted by Gasteiger charge is -2.25. The van der Waals surface area contributed by atoms with Crippen LogP contribution in [-0.2, 0) is 6.54 Å². The number of hydrogen-bond acceptors (Lipinski definition) is 2. The van der Waals surface area contributed by atoms with E-state index in [4.69, 9.17) is 4.74 Å². The molecule has 1 aliphatic carbocycles. The summed E-state index contributed by atoms with van der Waals surface area (Å²) in [5.41, 5.74) is 1.27. The number of hydrogen-bond donors (Lipinski definition) is 1. The topological polar surface area (TPSA) is 21.3 Å². The molecule has 2 nitrogen and oxygen atoms in total. The fourth-order valence-corrected chi connectivity index (χ4v) is 1.92. The Hall–Kier alpha value is -1.02. The molecule has 2 rings (SSSR count). The van der Waals surface area contributed by atoms with Gasteiger partial charge in [0.2, 0.25) is 0 Å². The molecule has 1 aromatic carbocycles. The zero-order valence-electron chi connectivity index (χ0n) is 10.0. The summed E-state index contributed by atoms with van der Waals surface area (Å²) in [6.45, 7) is 4.91. The van der Waals surface area contributed by atoms with Gasteiger partial charge in [0.15, 0.2) is 0 Å². The first-order chi connectivity index (χ1) is 7.90. The highest BCUT2D eigenvalue weighted by Crippen LogP contribution is 2.28. The van der Waals surface area contributed by atoms with Gasteiger partial charge in [-0.3, -0.25) is 0 Å². The molecule has 0 bridgehead atoms. The molecule has 1 aliphatic rings. The summed E-state index contributed by atoms with van der Waals surface area (Å²) in [6.07, 6.45) is 4.07. The number of benzene rings is 1. The molecule has 0 saturated heterocycles. The van der Waals surface area contributed by atoms with Crippen LogP contribution in [0.15, 0.2) is 24.3 Å². The van der Waals surface area contributed by atoms with E-state index in [0.29, 0.717) is 0 Å². The number of ether oxygens (including phenoxy) is 1. The lowest BCUT2D eigenvalue weighted by atomic mass is 9.86. The maximum absolute atomic E-state index is 5.90. The smallest absolute Gasteiger partial charge is 0.123 e. The standard InChI is InChI=1S/C14H21NO/c1-2-15-10-13-8-3-4-9-14(13)16-11-12-6-5-7-12/h3-4,8-9,12,15H,2,5-7,10-11H2,1H3. The van der Waals surface area contributed by atoms with E-state index in [1.54, 1.807) is 0 Å². The van der Waals surface area contributed by atoms with Gasteiger partial charge in [-0.2, -0.15) is 0 Å². The van der Waals surface area contributed by atoms with Crippen LogP contribution in [0.1, 0.15) is 31.7 Å². The van der Waals surface area contributed by atoms with Crippen LogP contribution in [0, 0.1) is 5.92 Å². The minimum atomic E-state index is 0.798. The molecule has 1 saturated carbocycles. The second-order valence-corrected chi connectivity index (χ2v) is 4.50. The fraction of sp³-hybridized carbons (Fsp3) is 0.571. The van der Waals surface area contributed by atoms with E-state index in [-0.39, 0.29) is 0 Å². The van der Waals surface area contributed by atoms with E-state index in [1.807, 2.05) is 6.07 Å². The summed E-state index contributed by atoms with van der Waals surface area (Å²) in [5.74, 6) is 1.85. The monoisotopic (exact) mass is 219 g/mol. The van der Waals surface area contributed by atoms with E-state index in [1.165, 1.54) is 24.8 Å². The van der Waals surface area contributed by atoms with Crippen molar-refractivity contribution in [3.8, 4) is 5.75 Å². The van der Waals surface area contributed by atoms with Gasteiger partial charge in [0.05, 0.1) is 6.61 Å². The van der Waals surface area contributed by atoms with Crippen LogP contribution >= 0.6 is 0 Å². The Morgan fingerprint density at radius 1 is 1.31 bits per heavy atom. The molecule has 0 aromatic heterocycles. The van der Waals surface area contributed by atoms with Crippen molar-refractivity contribution in [2.75, 3.05) is 13.2 Å². The molecule has 0 atom stereocenters. The minimum Gasteiger partial charge on any atom is -0.493 e. The summed E-state index contributed by atoms with van der Waals surface area (Å²) >= 11 is 0. The number of nitrogens with one attached hydrogen (secondary N) is 1. The van der Waals surface area contributed by atoms with E-state index < -0.39 is 0 Å². The molecule has 0 spiro atoms. The van der Waals surface area contributed by atoms with Gasteiger partial charge < -0.3 is 10.1 Å². The molecular formula is C14H21NO. The molecule has 0 aliphatic heterocycles. The van der Waals surface area contributed by atoms with Crippen molar-refractivity contribution < 1.29 is 4.74 Å². The summed E-state index contributed by atoms with van der Waals surface area (Å²) < 4.78 is 5.90. The Bertz CT molecular complexity index is 320. The lowest BCUT2D eigenvalue weighted by Crippen LogP contribution is -2.20. The summed E-state index contributed by atoms with van der Waals surface area (Å²) in [7, 11) is 0. The van der Waals surface area contributed by atoms with Gasteiger partial charge >= 0.3 is 0 Å². The molecule has 2 heteroatoms. The van der Waals surface area contributed by atoms with Gasteiger partial charge in [-0.25, -0.2) is 0 Å². The Kier molecular flexibility index (Phi) is 4.23. The fourth-order valence-electron chi connectivity index (χ4n) is 1.92. The normalized spacial score (nSPS) is 15.8. The van der Waals surface area contributed by atoms with Crippen molar-refractivity contribution in [1.82, 2.24) is 5.32 Å². The first-order valence-corrected chi connectivity index (χ1v) is 6.31. The summed E-state index contributed by atoms with van der Waals surface area (Å²) in [4.78, 5) is 0. The van der Waals surface area contributed by atoms with Crippen LogP contribution in [-0.4, -0.2) is 13.2 Å². The van der Waals surface area contributed by atoms with Crippen LogP contribution < -0.4 is 10.1 Å². The Morgan fingerprint density at radius 3 is 2.81 bits per heavy atom. The van der Waals surface area contributed by atoms with Crippen LogP contribution in [0.2, 0.25) is 0 Å². The highest BCUT2D eigenvalue weighted by Gasteiger charge is 2.18. The highest BCUT2D eigenvalue weighted by molar-refractivity contribution is 5.33. The molecular weight excluding hydrogens is 198 g/mol. The summed E-state index contributed by atoms with van der Waals surface area (Å²) in [5, 5.41) is 3.34. The van der Waals surface area contributed by atoms with Crippen molar-refractivity contribution in [2.45, 2.75) is 32.7 Å². The minimum absolute atomic E-state index is 0.798. The van der Waals surface area contributed by atoms with Crippen LogP contribution in [0.5, 0.6) is 5.75 Å². The average Bonchev–Trinajstić information content (AvgIpc) is 2.26. The number of para-hydroxylation sites is 1. The maximum Gasteiger partial charge on any atom is 0.123 e. The van der Waals surface area contributed by atoms with Crippen LogP contribution in [0.25, 0.3) is 0 Å². The Balaban J connectivity index is 1.89. The van der Waals surface area contributed by atoms with Gasteiger partial charge in [-0.1, -0.05) is 31.5 Å². The largest absolute Gasteiger partial charge is 0.493 e. The van der Waals surface area contributed by atoms with Crippen molar-refractivity contribution in [3.05, 3.63) is 29.8 Å². The highest BCUT2D eigenvalue weighted by atomic mass is 16.5. The quantitative estimate of drug-likeness (QED) is 0.794. The predicted molar refractivity (Wildman–Crippen MR) is 66.7 cm³/mol. The molecule has 88 valence electrons. The van der Waals surface area contributed by atoms with Gasteiger partial charge in [0, 0.05) is 12.1 Å². The van der Waals surface area contributed by atoms with Gasteiger partial charge in [-0.05, 0) is 31.4 Å². The lowest BCUT2D eigenvalue weighted by molar-refractivity contribution is 0.179. The van der Waals surface area contributed by atoms with Crippen molar-refractivity contribution in [1.29, 1.82) is 0 Å². The molecule has 1 N–H and O–H groups in total. The molecule has 0 heterocycles. The van der Waals surface area contributed by atoms with Crippen LogP contribution in [0.3, 0.4) is 0 Å². The molecule has 0 amide bonds. The molecule has 0 radical (unpaired) electrons. The molecule has 1 fully saturated rings. The molecule has 1 aromatic rings.